The second-order valence-electron chi connectivity index (χ2n) is 10.6. The molecule has 0 amide bonds. The van der Waals surface area contributed by atoms with Gasteiger partial charge in [0.2, 0.25) is 0 Å². The van der Waals surface area contributed by atoms with E-state index >= 15 is 0 Å². The minimum absolute atomic E-state index is 0.229. The summed E-state index contributed by atoms with van der Waals surface area (Å²) in [4.78, 5) is 13.0. The normalized spacial score (nSPS) is 19.2. The molecule has 0 atom stereocenters. The van der Waals surface area contributed by atoms with E-state index in [9.17, 15) is 5.11 Å². The maximum atomic E-state index is 11.2. The lowest BCUT2D eigenvalue weighted by Crippen LogP contribution is -2.44. The highest BCUT2D eigenvalue weighted by molar-refractivity contribution is 6.00. The Morgan fingerprint density at radius 3 is 2.55 bits per heavy atom. The minimum atomic E-state index is -0.695. The van der Waals surface area contributed by atoms with E-state index in [2.05, 4.69) is 35.6 Å². The Hall–Kier alpha value is -4.21. The minimum Gasteiger partial charge on any atom is -0.457 e. The summed E-state index contributed by atoms with van der Waals surface area (Å²) in [5.74, 6) is 2.03. The number of imidazole rings is 1. The molecule has 206 valence electrons. The third-order valence-electron chi connectivity index (χ3n) is 7.85. The second kappa shape index (κ2) is 11.5. The molecule has 3 heterocycles. The van der Waals surface area contributed by atoms with Crippen molar-refractivity contribution in [3.63, 3.8) is 0 Å². The number of nitrogens with one attached hydrogen (secondary N) is 1. The molecule has 0 saturated heterocycles. The first-order valence-electron chi connectivity index (χ1n) is 13.9. The Morgan fingerprint density at radius 1 is 1.02 bits per heavy atom. The van der Waals surface area contributed by atoms with Gasteiger partial charge >= 0.3 is 0 Å². The van der Waals surface area contributed by atoms with Crippen LogP contribution in [0.5, 0.6) is 11.5 Å². The summed E-state index contributed by atoms with van der Waals surface area (Å²) in [6.45, 7) is 2.39. The van der Waals surface area contributed by atoms with Crippen molar-refractivity contribution in [1.29, 1.82) is 0 Å². The molecule has 9 heteroatoms. The number of anilines is 1. The zero-order chi connectivity index (χ0) is 27.4. The number of fused-ring (bicyclic) bond motifs is 1. The van der Waals surface area contributed by atoms with E-state index in [1.54, 1.807) is 6.20 Å². The smallest absolute Gasteiger partial charge is 0.146 e. The molecule has 2 aromatic carbocycles. The van der Waals surface area contributed by atoms with Gasteiger partial charge in [0.15, 0.2) is 0 Å². The molecule has 0 bridgehead atoms. The van der Waals surface area contributed by atoms with Crippen LogP contribution in [0.25, 0.3) is 22.2 Å². The van der Waals surface area contributed by atoms with Crippen LogP contribution in [0.15, 0.2) is 85.8 Å². The highest BCUT2D eigenvalue weighted by atomic mass is 16.5. The van der Waals surface area contributed by atoms with Crippen molar-refractivity contribution >= 4 is 16.9 Å². The maximum absolute atomic E-state index is 11.2. The Kier molecular flexibility index (Phi) is 7.48. The first-order chi connectivity index (χ1) is 19.6. The van der Waals surface area contributed by atoms with Gasteiger partial charge in [0.1, 0.15) is 29.3 Å². The van der Waals surface area contributed by atoms with Crippen LogP contribution >= 0.6 is 0 Å². The molecule has 1 fully saturated rings. The molecule has 1 saturated carbocycles. The Bertz CT molecular complexity index is 1520. The highest BCUT2D eigenvalue weighted by Gasteiger charge is 2.34. The van der Waals surface area contributed by atoms with Crippen molar-refractivity contribution in [3.8, 4) is 22.6 Å². The van der Waals surface area contributed by atoms with Gasteiger partial charge in [0, 0.05) is 43.3 Å². The third kappa shape index (κ3) is 5.71. The van der Waals surface area contributed by atoms with Crippen molar-refractivity contribution in [2.75, 3.05) is 18.8 Å². The van der Waals surface area contributed by atoms with E-state index in [0.717, 1.165) is 78.9 Å². The number of para-hydroxylation sites is 1. The Morgan fingerprint density at radius 2 is 1.80 bits per heavy atom. The zero-order valence-corrected chi connectivity index (χ0v) is 22.5. The predicted octanol–water partition coefficient (Wildman–Crippen LogP) is 5.20. The molecule has 0 aliphatic heterocycles. The summed E-state index contributed by atoms with van der Waals surface area (Å²) in [6.07, 6.45) is 13.5. The molecule has 1 aliphatic carbocycles. The number of nitrogens with zero attached hydrogens (tertiary/aromatic N) is 5. The summed E-state index contributed by atoms with van der Waals surface area (Å²) in [5, 5.41) is 15.6. The van der Waals surface area contributed by atoms with Gasteiger partial charge in [0.05, 0.1) is 17.3 Å². The number of aliphatic hydroxyl groups is 1. The van der Waals surface area contributed by atoms with E-state index in [0.29, 0.717) is 12.4 Å². The van der Waals surface area contributed by atoms with Gasteiger partial charge in [-0.25, -0.2) is 15.0 Å². The van der Waals surface area contributed by atoms with Crippen LogP contribution in [0.1, 0.15) is 38.1 Å². The molecule has 40 heavy (non-hydrogen) atoms. The SMILES string of the molecule is Nc1ncnc2c1c(-c1ccc(Oc3ccccc3)cc1)cn2C1CCC(O)(CNCCCn2ccnc2)CC1. The molecule has 1 aliphatic rings. The van der Waals surface area contributed by atoms with Crippen LogP contribution in [0.3, 0.4) is 0 Å². The molecular weight excluding hydrogens is 502 g/mol. The number of hydrogen-bond acceptors (Lipinski definition) is 7. The van der Waals surface area contributed by atoms with Gasteiger partial charge in [-0.2, -0.15) is 0 Å². The van der Waals surface area contributed by atoms with Crippen LogP contribution in [-0.4, -0.2) is 47.9 Å². The number of nitrogen functional groups attached to an aromatic ring is 1. The first-order valence-corrected chi connectivity index (χ1v) is 13.9. The summed E-state index contributed by atoms with van der Waals surface area (Å²) < 4.78 is 10.3. The molecular formula is C31H35N7O2. The average Bonchev–Trinajstić information content (AvgIpc) is 3.64. The van der Waals surface area contributed by atoms with Gasteiger partial charge in [-0.1, -0.05) is 30.3 Å². The van der Waals surface area contributed by atoms with Crippen molar-refractivity contribution in [3.05, 3.63) is 85.8 Å². The van der Waals surface area contributed by atoms with E-state index < -0.39 is 5.60 Å². The summed E-state index contributed by atoms with van der Waals surface area (Å²) in [7, 11) is 0. The number of benzene rings is 2. The lowest BCUT2D eigenvalue weighted by molar-refractivity contribution is -0.00594. The van der Waals surface area contributed by atoms with Crippen LogP contribution in [0.2, 0.25) is 0 Å². The van der Waals surface area contributed by atoms with Gasteiger partial charge in [-0.15, -0.1) is 0 Å². The number of rotatable bonds is 10. The lowest BCUT2D eigenvalue weighted by Gasteiger charge is -2.37. The summed E-state index contributed by atoms with van der Waals surface area (Å²) in [6, 6.07) is 18.0. The Balaban J connectivity index is 1.13. The van der Waals surface area contributed by atoms with Gasteiger partial charge in [0.25, 0.3) is 0 Å². The number of aromatic nitrogens is 5. The van der Waals surface area contributed by atoms with Crippen LogP contribution < -0.4 is 15.8 Å². The van der Waals surface area contributed by atoms with E-state index in [1.165, 1.54) is 6.33 Å². The maximum Gasteiger partial charge on any atom is 0.146 e. The summed E-state index contributed by atoms with van der Waals surface area (Å²) in [5.41, 5.74) is 8.54. The fourth-order valence-corrected chi connectivity index (χ4v) is 5.65. The van der Waals surface area contributed by atoms with Crippen molar-refractivity contribution in [2.45, 2.75) is 50.3 Å². The predicted molar refractivity (Wildman–Crippen MR) is 156 cm³/mol. The van der Waals surface area contributed by atoms with E-state index in [-0.39, 0.29) is 6.04 Å². The van der Waals surface area contributed by atoms with E-state index in [4.69, 9.17) is 10.5 Å². The number of nitrogens with two attached hydrogens (primary N) is 1. The number of ether oxygens (including phenoxy) is 1. The van der Waals surface area contributed by atoms with Crippen LogP contribution in [0, 0.1) is 0 Å². The fraction of sp³-hybridized carbons (Fsp3) is 0.323. The molecule has 0 radical (unpaired) electrons. The second-order valence-corrected chi connectivity index (χ2v) is 10.6. The van der Waals surface area contributed by atoms with Gasteiger partial charge < -0.3 is 30.0 Å². The Labute approximate surface area is 233 Å². The largest absolute Gasteiger partial charge is 0.457 e. The number of hydrogen-bond donors (Lipinski definition) is 3. The molecule has 3 aromatic heterocycles. The van der Waals surface area contributed by atoms with Crippen molar-refractivity contribution in [1.82, 2.24) is 29.4 Å². The van der Waals surface area contributed by atoms with Crippen LogP contribution in [0.4, 0.5) is 5.82 Å². The topological polar surface area (TPSA) is 116 Å². The molecule has 4 N–H and O–H groups in total. The van der Waals surface area contributed by atoms with Crippen LogP contribution in [-0.2, 0) is 6.54 Å². The van der Waals surface area contributed by atoms with Crippen molar-refractivity contribution in [2.24, 2.45) is 0 Å². The highest BCUT2D eigenvalue weighted by Crippen LogP contribution is 2.40. The first kappa shape index (κ1) is 26.0. The van der Waals surface area contributed by atoms with Crippen molar-refractivity contribution < 1.29 is 9.84 Å². The average molecular weight is 538 g/mol. The fourth-order valence-electron chi connectivity index (χ4n) is 5.65. The molecule has 5 aromatic rings. The monoisotopic (exact) mass is 537 g/mol. The molecule has 0 unspecified atom stereocenters. The zero-order valence-electron chi connectivity index (χ0n) is 22.5. The molecule has 9 nitrogen and oxygen atoms in total. The number of aryl methyl sites for hydroxylation is 1. The van der Waals surface area contributed by atoms with E-state index in [1.807, 2.05) is 67.1 Å². The standard InChI is InChI=1S/C31H35N7O2/c32-29-28-27(23-7-9-26(10-8-23)40-25-5-2-1-3-6-25)19-38(30(28)36-21-35-29)24-11-13-31(39,14-12-24)20-33-15-4-17-37-18-16-34-22-37/h1-3,5-10,16,18-19,21-22,24,33,39H,4,11-15,17,20H2,(H2,32,35,36). The quantitative estimate of drug-likeness (QED) is 0.210. The molecule has 6 rings (SSSR count). The third-order valence-corrected chi connectivity index (χ3v) is 7.85. The van der Waals surface area contributed by atoms with Gasteiger partial charge in [-0.3, -0.25) is 0 Å². The van der Waals surface area contributed by atoms with Gasteiger partial charge in [-0.05, 0) is 68.5 Å². The lowest BCUT2D eigenvalue weighted by atomic mass is 9.82. The molecule has 0 spiro atoms. The summed E-state index contributed by atoms with van der Waals surface area (Å²) >= 11 is 0.